The lowest BCUT2D eigenvalue weighted by atomic mass is 9.58. The summed E-state index contributed by atoms with van der Waals surface area (Å²) in [4.78, 5) is 2.34. The molecule has 0 unspecified atom stereocenters. The quantitative estimate of drug-likeness (QED) is 0.178. The number of fused-ring (bicyclic) bond motifs is 12. The molecule has 2 aliphatic rings. The molecule has 0 saturated carbocycles. The minimum Gasteiger partial charge on any atom is -0.355 e. The highest BCUT2D eigenvalue weighted by molar-refractivity contribution is 7.26. The highest BCUT2D eigenvalue weighted by Crippen LogP contribution is 2.47. The van der Waals surface area contributed by atoms with Gasteiger partial charge in [-0.05, 0) is 111 Å². The van der Waals surface area contributed by atoms with E-state index >= 15 is 0 Å². The molecule has 323 valence electrons. The van der Waals surface area contributed by atoms with Gasteiger partial charge in [-0.25, -0.2) is 0 Å². The molecule has 2 aliphatic heterocycles. The number of nitrogens with zero attached hydrogens (tertiary/aromatic N) is 2. The highest BCUT2D eigenvalue weighted by atomic mass is 32.1. The van der Waals surface area contributed by atoms with Crippen molar-refractivity contribution in [1.82, 2.24) is 4.57 Å². The van der Waals surface area contributed by atoms with E-state index in [1.54, 1.807) is 0 Å². The lowest BCUT2D eigenvalue weighted by Gasteiger charge is -2.33. The van der Waals surface area contributed by atoms with Gasteiger partial charge in [-0.1, -0.05) is 139 Å². The fourth-order valence-corrected chi connectivity index (χ4v) is 13.0. The first-order chi connectivity index (χ1) is 32.3. The number of allylic oxidation sites excluding steroid dienone is 2. The van der Waals surface area contributed by atoms with Crippen molar-refractivity contribution >= 4 is 131 Å². The normalized spacial score (nSPS) is 13.8. The van der Waals surface area contributed by atoms with Crippen molar-refractivity contribution in [1.29, 1.82) is 0 Å². The molecule has 3 nitrogen and oxygen atoms in total. The fraction of sp³-hybridized carbons (Fsp3) is 0.148. The number of hydrogen-bond acceptors (Lipinski definition) is 4. The maximum Gasteiger partial charge on any atom is 0.197 e. The summed E-state index contributed by atoms with van der Waals surface area (Å²) in [5.74, 6) is 0. The lowest BCUT2D eigenvalue weighted by molar-refractivity contribution is 0.590. The maximum atomic E-state index is 4.67. The molecule has 11 aromatic rings. The zero-order chi connectivity index (χ0) is 45.7. The van der Waals surface area contributed by atoms with Crippen molar-refractivity contribution in [3.8, 4) is 16.8 Å². The van der Waals surface area contributed by atoms with Crippen LogP contribution in [0.25, 0.3) is 90.2 Å². The van der Waals surface area contributed by atoms with Gasteiger partial charge >= 0.3 is 0 Å². The largest absolute Gasteiger partial charge is 0.355 e. The van der Waals surface area contributed by atoms with Gasteiger partial charge in [-0.3, -0.25) is 0 Å². The van der Waals surface area contributed by atoms with Crippen molar-refractivity contribution in [2.45, 2.75) is 52.4 Å². The summed E-state index contributed by atoms with van der Waals surface area (Å²) < 4.78 is 7.79. The number of anilines is 3. The van der Waals surface area contributed by atoms with E-state index in [-0.39, 0.29) is 10.8 Å². The lowest BCUT2D eigenvalue weighted by Crippen LogP contribution is -2.38. The summed E-state index contributed by atoms with van der Waals surface area (Å²) in [7, 11) is 4.66. The average Bonchev–Trinajstić information content (AvgIpc) is 3.98. The van der Waals surface area contributed by atoms with Crippen molar-refractivity contribution < 1.29 is 0 Å². The average molecular weight is 899 g/mol. The summed E-state index contributed by atoms with van der Waals surface area (Å²) in [5.41, 5.74) is 19.1. The van der Waals surface area contributed by atoms with Gasteiger partial charge in [0.25, 0.3) is 0 Å². The molecule has 3 aromatic heterocycles. The molecule has 8 aromatic carbocycles. The molecule has 6 heteroatoms. The molecule has 5 heterocycles. The topological polar surface area (TPSA) is 20.2 Å². The maximum absolute atomic E-state index is 4.67. The molecule has 0 fully saturated rings. The zero-order valence-electron chi connectivity index (χ0n) is 38.9. The van der Waals surface area contributed by atoms with Gasteiger partial charge in [0, 0.05) is 97.6 Å². The van der Waals surface area contributed by atoms with Gasteiger partial charge in [0.15, 0.2) is 7.28 Å². The number of thiophene rings is 2. The van der Waals surface area contributed by atoms with Crippen LogP contribution in [0.5, 0.6) is 0 Å². The van der Waals surface area contributed by atoms with Crippen LogP contribution in [0, 0.1) is 0 Å². The van der Waals surface area contributed by atoms with Crippen LogP contribution in [0.15, 0.2) is 158 Å². The van der Waals surface area contributed by atoms with Crippen LogP contribution >= 0.6 is 22.7 Å². The first kappa shape index (κ1) is 40.4. The summed E-state index contributed by atoms with van der Waals surface area (Å²) >= 11 is 3.77. The predicted octanol–water partition coefficient (Wildman–Crippen LogP) is 16.0. The number of rotatable bonds is 4. The van der Waals surface area contributed by atoms with Crippen molar-refractivity contribution in [3.63, 3.8) is 0 Å². The molecule has 13 rings (SSSR count). The fourth-order valence-electron chi connectivity index (χ4n) is 10.8. The molecule has 67 heavy (non-hydrogen) atoms. The Hall–Kier alpha value is -6.86. The van der Waals surface area contributed by atoms with Gasteiger partial charge in [-0.2, -0.15) is 0 Å². The monoisotopic (exact) mass is 898 g/mol. The van der Waals surface area contributed by atoms with Crippen LogP contribution in [-0.2, 0) is 10.8 Å². The Morgan fingerprint density at radius 2 is 1.22 bits per heavy atom. The van der Waals surface area contributed by atoms with Crippen LogP contribution in [-0.4, -0.2) is 18.9 Å². The van der Waals surface area contributed by atoms with Gasteiger partial charge < -0.3 is 14.8 Å². The van der Waals surface area contributed by atoms with E-state index < -0.39 is 0 Å². The molecule has 0 amide bonds. The molecule has 0 atom stereocenters. The number of aromatic nitrogens is 1. The Kier molecular flexibility index (Phi) is 8.64. The Balaban J connectivity index is 1.09. The molecular weight excluding hydrogens is 850 g/mol. The molecule has 0 saturated heterocycles. The second-order valence-corrected chi connectivity index (χ2v) is 22.9. The van der Waals surface area contributed by atoms with Crippen LogP contribution in [0.3, 0.4) is 0 Å². The molecular formula is C61H49BN3S2. The summed E-state index contributed by atoms with van der Waals surface area (Å²) in [6.45, 7) is 18.4. The SMILES string of the molecule is C=C1C=C(c2ccccc2)N(C)c2cc3c(cc21)[B]c1c(-c2cc4c(cc2Nc2ccc(C(C)(C)C)cc2)sc2ccc(C(C)(C)C)cc24)ccc2c4cc5c(cc4n-3c12)sc1ccccc15. The smallest absolute Gasteiger partial charge is 0.197 e. The molecule has 1 N–H and O–H groups in total. The Bertz CT molecular complexity index is 3960. The van der Waals surface area contributed by atoms with Gasteiger partial charge in [0.05, 0.1) is 11.2 Å². The van der Waals surface area contributed by atoms with E-state index in [2.05, 4.69) is 229 Å². The minimum atomic E-state index is 0.0377. The Morgan fingerprint density at radius 1 is 0.537 bits per heavy atom. The number of benzene rings is 8. The van der Waals surface area contributed by atoms with E-state index in [1.807, 2.05) is 22.7 Å². The first-order valence-electron chi connectivity index (χ1n) is 23.3. The van der Waals surface area contributed by atoms with Crippen LogP contribution in [0.2, 0.25) is 0 Å². The Labute approximate surface area is 400 Å². The third-order valence-electron chi connectivity index (χ3n) is 14.4. The molecule has 1 radical (unpaired) electrons. The van der Waals surface area contributed by atoms with Crippen molar-refractivity contribution in [2.24, 2.45) is 0 Å². The second-order valence-electron chi connectivity index (χ2n) is 20.7. The molecule has 0 bridgehead atoms. The van der Waals surface area contributed by atoms with E-state index in [4.69, 9.17) is 0 Å². The molecule has 0 aliphatic carbocycles. The second kappa shape index (κ2) is 14.3. The van der Waals surface area contributed by atoms with Gasteiger partial charge in [0.1, 0.15) is 0 Å². The highest BCUT2D eigenvalue weighted by Gasteiger charge is 2.31. The number of hydrogen-bond donors (Lipinski definition) is 1. The van der Waals surface area contributed by atoms with Crippen LogP contribution in [0.1, 0.15) is 63.8 Å². The van der Waals surface area contributed by atoms with Crippen LogP contribution < -0.4 is 21.1 Å². The summed E-state index contributed by atoms with van der Waals surface area (Å²) in [6.07, 6.45) is 2.24. The van der Waals surface area contributed by atoms with Crippen molar-refractivity contribution in [2.75, 3.05) is 17.3 Å². The van der Waals surface area contributed by atoms with Gasteiger partial charge in [-0.15, -0.1) is 22.7 Å². The van der Waals surface area contributed by atoms with E-state index in [1.165, 1.54) is 107 Å². The van der Waals surface area contributed by atoms with E-state index in [9.17, 15) is 0 Å². The first-order valence-corrected chi connectivity index (χ1v) is 24.9. The Morgan fingerprint density at radius 3 is 2.00 bits per heavy atom. The molecule has 0 spiro atoms. The predicted molar refractivity (Wildman–Crippen MR) is 296 cm³/mol. The van der Waals surface area contributed by atoms with Crippen LogP contribution in [0.4, 0.5) is 17.1 Å². The third-order valence-corrected chi connectivity index (χ3v) is 16.7. The number of nitrogens with one attached hydrogen (secondary N) is 1. The van der Waals surface area contributed by atoms with Gasteiger partial charge in [0.2, 0.25) is 0 Å². The zero-order valence-corrected chi connectivity index (χ0v) is 40.6. The van der Waals surface area contributed by atoms with E-state index in [0.717, 1.165) is 33.9 Å². The van der Waals surface area contributed by atoms with E-state index in [0.29, 0.717) is 0 Å². The van der Waals surface area contributed by atoms with Crippen molar-refractivity contribution in [3.05, 3.63) is 181 Å². The summed E-state index contributed by atoms with van der Waals surface area (Å²) in [6, 6.07) is 55.0. The third kappa shape index (κ3) is 6.22. The minimum absolute atomic E-state index is 0.0377. The standard InChI is InChI=1S/C61H49BN3S2/c1-34-26-50(35-14-10-9-11-15-35)64(8)51-32-53-48(30-42(34)51)62-58-40(23-24-41-44-29-46-39-16-12-13-17-54(39)66-57(46)33-52(44)65(53)59(41)58)43-28-47-45-27-37(61(5,6)7)20-25-55(45)67-56(47)31-49(43)63-38-21-18-36(19-22-38)60(2,3)4/h9-33,63H,1H2,2-8H3. The summed E-state index contributed by atoms with van der Waals surface area (Å²) in [5, 5.41) is 11.7.